The van der Waals surface area contributed by atoms with Gasteiger partial charge < -0.3 is 9.84 Å². The second-order valence-corrected chi connectivity index (χ2v) is 5.81. The van der Waals surface area contributed by atoms with Crippen molar-refractivity contribution in [3.8, 4) is 0 Å². The Bertz CT molecular complexity index is 300. The molecule has 0 aromatic heterocycles. The molecule has 2 bridgehead atoms. The molecule has 2 fully saturated rings. The first-order valence-corrected chi connectivity index (χ1v) is 6.64. The maximum Gasteiger partial charge on any atom is 0.416 e. The first-order chi connectivity index (χ1) is 8.71. The van der Waals surface area contributed by atoms with E-state index in [0.29, 0.717) is 11.8 Å². The molecule has 0 aromatic carbocycles. The van der Waals surface area contributed by atoms with E-state index in [0.717, 1.165) is 26.2 Å². The molecule has 0 heterocycles. The number of hydrogen-bond acceptors (Lipinski definition) is 2. The van der Waals surface area contributed by atoms with Crippen molar-refractivity contribution in [3.05, 3.63) is 12.8 Å². The van der Waals surface area contributed by atoms with Crippen LogP contribution in [0.25, 0.3) is 0 Å². The van der Waals surface area contributed by atoms with Gasteiger partial charge in [0.05, 0.1) is 13.4 Å². The molecule has 19 heavy (non-hydrogen) atoms. The maximum atomic E-state index is 12.5. The predicted octanol–water partition coefficient (Wildman–Crippen LogP) is 3.90. The molecule has 4 atom stereocenters. The smallest absolute Gasteiger partial charge is 0.416 e. The Morgan fingerprint density at radius 2 is 1.89 bits per heavy atom. The Morgan fingerprint density at radius 3 is 2.21 bits per heavy atom. The summed E-state index contributed by atoms with van der Waals surface area (Å²) in [6.07, 6.45) is 0.973. The molecule has 0 radical (unpaired) electrons. The van der Waals surface area contributed by atoms with E-state index in [-0.39, 0.29) is 12.3 Å². The van der Waals surface area contributed by atoms with Crippen LogP contribution in [0.15, 0.2) is 12.8 Å². The molecule has 4 unspecified atom stereocenters. The Labute approximate surface area is 112 Å². The summed E-state index contributed by atoms with van der Waals surface area (Å²) in [5.74, 6) is 1.15. The van der Waals surface area contributed by atoms with Gasteiger partial charge in [-0.25, -0.2) is 0 Å². The molecule has 0 aromatic rings. The van der Waals surface area contributed by atoms with Crippen LogP contribution in [0.1, 0.15) is 39.0 Å². The Hall–Kier alpha value is -0.710. The molecule has 2 aliphatic carbocycles. The van der Waals surface area contributed by atoms with E-state index in [1.54, 1.807) is 7.11 Å². The molecule has 112 valence electrons. The van der Waals surface area contributed by atoms with E-state index in [9.17, 15) is 18.3 Å². The van der Waals surface area contributed by atoms with Crippen molar-refractivity contribution < 1.29 is 23.0 Å². The van der Waals surface area contributed by atoms with Crippen LogP contribution < -0.4 is 0 Å². The summed E-state index contributed by atoms with van der Waals surface area (Å²) in [5.41, 5.74) is -2.50. The standard InChI is InChI=1S/C11H17F3O.C3H6O/c1-10(15,11(12,13)14)6-9-5-7-2-3-8(9)4-7;1-3-4-2/h7-9,15H,2-6H2,1H3;3H,1H2,2H3. The second-order valence-electron chi connectivity index (χ2n) is 5.81. The highest BCUT2D eigenvalue weighted by molar-refractivity contribution is 4.94. The summed E-state index contributed by atoms with van der Waals surface area (Å²) in [4.78, 5) is 0. The molecule has 0 aliphatic heterocycles. The lowest BCUT2D eigenvalue weighted by Gasteiger charge is -2.32. The minimum atomic E-state index is -4.49. The summed E-state index contributed by atoms with van der Waals surface area (Å²) in [6, 6.07) is 0. The van der Waals surface area contributed by atoms with Crippen LogP contribution in [0, 0.1) is 17.8 Å². The summed E-state index contributed by atoms with van der Waals surface area (Å²) in [6.45, 7) is 4.16. The number of ether oxygens (including phenoxy) is 1. The van der Waals surface area contributed by atoms with Gasteiger partial charge in [0, 0.05) is 0 Å². The maximum absolute atomic E-state index is 12.5. The lowest BCUT2D eigenvalue weighted by molar-refractivity contribution is -0.259. The second kappa shape index (κ2) is 6.16. The van der Waals surface area contributed by atoms with Gasteiger partial charge >= 0.3 is 6.18 Å². The molecule has 0 spiro atoms. The summed E-state index contributed by atoms with van der Waals surface area (Å²) < 4.78 is 41.7. The van der Waals surface area contributed by atoms with Crippen molar-refractivity contribution >= 4 is 0 Å². The van der Waals surface area contributed by atoms with E-state index in [1.807, 2.05) is 0 Å². The van der Waals surface area contributed by atoms with Gasteiger partial charge in [-0.05, 0) is 50.4 Å². The number of alkyl halides is 3. The zero-order valence-corrected chi connectivity index (χ0v) is 11.5. The number of rotatable bonds is 3. The average Bonchev–Trinajstić information content (AvgIpc) is 2.89. The monoisotopic (exact) mass is 280 g/mol. The fourth-order valence-corrected chi connectivity index (χ4v) is 3.25. The van der Waals surface area contributed by atoms with Crippen LogP contribution in [0.4, 0.5) is 13.2 Å². The highest BCUT2D eigenvalue weighted by Crippen LogP contribution is 2.52. The van der Waals surface area contributed by atoms with Gasteiger partial charge in [0.15, 0.2) is 5.60 Å². The third-order valence-electron chi connectivity index (χ3n) is 4.32. The lowest BCUT2D eigenvalue weighted by Crippen LogP contribution is -2.44. The number of aliphatic hydroxyl groups is 1. The van der Waals surface area contributed by atoms with Gasteiger partial charge in [-0.3, -0.25) is 0 Å². The molecule has 2 nitrogen and oxygen atoms in total. The number of hydrogen-bond donors (Lipinski definition) is 1. The van der Waals surface area contributed by atoms with Crippen molar-refractivity contribution in [2.75, 3.05) is 7.11 Å². The third-order valence-corrected chi connectivity index (χ3v) is 4.32. The van der Waals surface area contributed by atoms with Gasteiger partial charge in [-0.15, -0.1) is 0 Å². The first-order valence-electron chi connectivity index (χ1n) is 6.64. The fourth-order valence-electron chi connectivity index (χ4n) is 3.25. The van der Waals surface area contributed by atoms with Gasteiger partial charge in [-0.2, -0.15) is 13.2 Å². The van der Waals surface area contributed by atoms with E-state index >= 15 is 0 Å². The topological polar surface area (TPSA) is 29.5 Å². The molecular formula is C14H23F3O2. The van der Waals surface area contributed by atoms with Crippen molar-refractivity contribution in [2.24, 2.45) is 17.8 Å². The van der Waals surface area contributed by atoms with E-state index in [1.165, 1.54) is 12.7 Å². The van der Waals surface area contributed by atoms with E-state index in [2.05, 4.69) is 11.3 Å². The zero-order chi connectivity index (χ0) is 14.7. The van der Waals surface area contributed by atoms with Crippen LogP contribution in [0.5, 0.6) is 0 Å². The predicted molar refractivity (Wildman–Crippen MR) is 67.4 cm³/mol. The van der Waals surface area contributed by atoms with Crippen molar-refractivity contribution in [2.45, 2.75) is 50.8 Å². The van der Waals surface area contributed by atoms with Crippen molar-refractivity contribution in [1.82, 2.24) is 0 Å². The first kappa shape index (κ1) is 16.3. The summed E-state index contributed by atoms with van der Waals surface area (Å²) >= 11 is 0. The Kier molecular flexibility index (Phi) is 5.30. The molecular weight excluding hydrogens is 257 g/mol. The minimum absolute atomic E-state index is 0.0837. The molecule has 1 N–H and O–H groups in total. The molecule has 2 rings (SSSR count). The summed E-state index contributed by atoms with van der Waals surface area (Å²) in [5, 5.41) is 9.41. The lowest BCUT2D eigenvalue weighted by atomic mass is 9.81. The van der Waals surface area contributed by atoms with E-state index < -0.39 is 11.8 Å². The van der Waals surface area contributed by atoms with Crippen LogP contribution in [0.2, 0.25) is 0 Å². The Balaban J connectivity index is 0.000000399. The largest absolute Gasteiger partial charge is 0.505 e. The third kappa shape index (κ3) is 4.13. The minimum Gasteiger partial charge on any atom is -0.505 e. The van der Waals surface area contributed by atoms with Crippen molar-refractivity contribution in [1.29, 1.82) is 0 Å². The Morgan fingerprint density at radius 1 is 1.32 bits per heavy atom. The molecule has 2 saturated carbocycles. The van der Waals surface area contributed by atoms with Gasteiger partial charge in [0.25, 0.3) is 0 Å². The molecule has 0 saturated heterocycles. The highest BCUT2D eigenvalue weighted by Gasteiger charge is 2.53. The van der Waals surface area contributed by atoms with Crippen LogP contribution >= 0.6 is 0 Å². The van der Waals surface area contributed by atoms with Gasteiger partial charge in [-0.1, -0.05) is 13.0 Å². The van der Waals surface area contributed by atoms with Crippen molar-refractivity contribution in [3.63, 3.8) is 0 Å². The van der Waals surface area contributed by atoms with Crippen LogP contribution in [0.3, 0.4) is 0 Å². The van der Waals surface area contributed by atoms with Crippen LogP contribution in [-0.4, -0.2) is 24.0 Å². The normalized spacial score (nSPS) is 32.2. The SMILES string of the molecule is C=COC.CC(O)(CC1CC2CCC1C2)C(F)(F)F. The molecule has 5 heteroatoms. The highest BCUT2D eigenvalue weighted by atomic mass is 19.4. The molecule has 0 amide bonds. The van der Waals surface area contributed by atoms with Crippen LogP contribution in [-0.2, 0) is 4.74 Å². The van der Waals surface area contributed by atoms with Gasteiger partial charge in [0.2, 0.25) is 0 Å². The van der Waals surface area contributed by atoms with E-state index in [4.69, 9.17) is 0 Å². The zero-order valence-electron chi connectivity index (χ0n) is 11.5. The number of methoxy groups -OCH3 is 1. The average molecular weight is 280 g/mol. The summed E-state index contributed by atoms with van der Waals surface area (Å²) in [7, 11) is 1.56. The number of fused-ring (bicyclic) bond motifs is 2. The number of halogens is 3. The van der Waals surface area contributed by atoms with Gasteiger partial charge in [0.1, 0.15) is 0 Å². The molecule has 2 aliphatic rings. The quantitative estimate of drug-likeness (QED) is 0.794. The fraction of sp³-hybridized carbons (Fsp3) is 0.857.